The van der Waals surface area contributed by atoms with Crippen molar-refractivity contribution in [1.29, 1.82) is 0 Å². The molecular formula is C17H18N2OS. The molecule has 0 radical (unpaired) electrons. The Kier molecular flexibility index (Phi) is 4.06. The first-order valence-electron chi connectivity index (χ1n) is 7.08. The summed E-state index contributed by atoms with van der Waals surface area (Å²) in [5.41, 5.74) is 5.33. The van der Waals surface area contributed by atoms with E-state index in [1.54, 1.807) is 23.5 Å². The fourth-order valence-corrected chi connectivity index (χ4v) is 3.06. The molecule has 3 rings (SSSR count). The quantitative estimate of drug-likeness (QED) is 0.732. The van der Waals surface area contributed by atoms with E-state index in [1.165, 1.54) is 10.3 Å². The number of benzene rings is 2. The fourth-order valence-electron chi connectivity index (χ4n) is 2.35. The number of hydrogen-bond acceptors (Lipinski definition) is 4. The predicted octanol–water partition coefficient (Wildman–Crippen LogP) is 4.44. The second kappa shape index (κ2) is 6.14. The number of nitrogens with zero attached hydrogens (tertiary/aromatic N) is 1. The molecule has 1 aromatic heterocycles. The van der Waals surface area contributed by atoms with Crippen molar-refractivity contribution in [3.05, 3.63) is 53.5 Å². The van der Waals surface area contributed by atoms with Crippen LogP contribution in [0.2, 0.25) is 0 Å². The van der Waals surface area contributed by atoms with Gasteiger partial charge in [-0.1, -0.05) is 12.1 Å². The number of rotatable bonds is 5. The third kappa shape index (κ3) is 3.52. The topological polar surface area (TPSA) is 45.1 Å². The first-order valence-corrected chi connectivity index (χ1v) is 7.96. The van der Waals surface area contributed by atoms with Crippen LogP contribution in [0, 0.1) is 0 Å². The number of anilines is 1. The molecule has 0 aliphatic carbocycles. The van der Waals surface area contributed by atoms with E-state index in [4.69, 9.17) is 0 Å². The van der Waals surface area contributed by atoms with Crippen molar-refractivity contribution in [3.8, 4) is 5.75 Å². The molecule has 0 saturated carbocycles. The molecule has 1 unspecified atom stereocenters. The normalized spacial score (nSPS) is 12.4. The van der Waals surface area contributed by atoms with Gasteiger partial charge in [-0.2, -0.15) is 0 Å². The lowest BCUT2D eigenvalue weighted by Gasteiger charge is -2.15. The molecule has 0 aliphatic rings. The van der Waals surface area contributed by atoms with Crippen molar-refractivity contribution in [2.75, 3.05) is 5.32 Å². The Labute approximate surface area is 128 Å². The van der Waals surface area contributed by atoms with Crippen LogP contribution >= 0.6 is 11.3 Å². The molecule has 3 aromatic rings. The third-order valence-electron chi connectivity index (χ3n) is 3.55. The summed E-state index contributed by atoms with van der Waals surface area (Å²) in [7, 11) is 0. The number of aryl methyl sites for hydroxylation is 1. The minimum absolute atomic E-state index is 0.322. The Morgan fingerprint density at radius 3 is 2.81 bits per heavy atom. The molecule has 4 heteroatoms. The van der Waals surface area contributed by atoms with Gasteiger partial charge < -0.3 is 10.4 Å². The van der Waals surface area contributed by atoms with Crippen LogP contribution < -0.4 is 5.32 Å². The smallest absolute Gasteiger partial charge is 0.115 e. The first-order chi connectivity index (χ1) is 10.2. The van der Waals surface area contributed by atoms with E-state index < -0.39 is 0 Å². The van der Waals surface area contributed by atoms with Gasteiger partial charge in [-0.25, -0.2) is 4.98 Å². The highest BCUT2D eigenvalue weighted by Gasteiger charge is 2.05. The molecule has 1 atom stereocenters. The predicted molar refractivity (Wildman–Crippen MR) is 89.1 cm³/mol. The van der Waals surface area contributed by atoms with Gasteiger partial charge in [-0.3, -0.25) is 0 Å². The highest BCUT2D eigenvalue weighted by atomic mass is 32.1. The zero-order valence-corrected chi connectivity index (χ0v) is 12.7. The van der Waals surface area contributed by atoms with E-state index in [0.29, 0.717) is 11.8 Å². The summed E-state index contributed by atoms with van der Waals surface area (Å²) in [6.07, 6.45) is 2.04. The molecule has 1 heterocycles. The largest absolute Gasteiger partial charge is 0.508 e. The molecule has 108 valence electrons. The molecule has 0 fully saturated rings. The van der Waals surface area contributed by atoms with Crippen molar-refractivity contribution in [2.24, 2.45) is 0 Å². The van der Waals surface area contributed by atoms with Gasteiger partial charge >= 0.3 is 0 Å². The SMILES string of the molecule is CC(CCc1ccc(O)cc1)Nc1ccc2ncsc2c1. The number of phenolic OH excluding ortho intramolecular Hbond substituents is 1. The summed E-state index contributed by atoms with van der Waals surface area (Å²) in [6, 6.07) is 14.1. The van der Waals surface area contributed by atoms with Gasteiger partial charge in [-0.15, -0.1) is 11.3 Å². The van der Waals surface area contributed by atoms with Crippen LogP contribution in [0.5, 0.6) is 5.75 Å². The summed E-state index contributed by atoms with van der Waals surface area (Å²) in [5.74, 6) is 0.322. The van der Waals surface area contributed by atoms with Crippen molar-refractivity contribution < 1.29 is 5.11 Å². The number of nitrogens with one attached hydrogen (secondary N) is 1. The average molecular weight is 298 g/mol. The Balaban J connectivity index is 1.58. The Bertz CT molecular complexity index is 721. The molecule has 2 N–H and O–H groups in total. The van der Waals surface area contributed by atoms with Gasteiger partial charge in [-0.05, 0) is 55.7 Å². The number of aromatic hydroxyl groups is 1. The Hall–Kier alpha value is -2.07. The average Bonchev–Trinajstić information content (AvgIpc) is 2.94. The molecule has 0 amide bonds. The van der Waals surface area contributed by atoms with Crippen molar-refractivity contribution in [3.63, 3.8) is 0 Å². The van der Waals surface area contributed by atoms with Crippen LogP contribution in [0.25, 0.3) is 10.2 Å². The number of hydrogen-bond donors (Lipinski definition) is 2. The maximum Gasteiger partial charge on any atom is 0.115 e. The zero-order valence-electron chi connectivity index (χ0n) is 11.9. The van der Waals surface area contributed by atoms with E-state index in [1.807, 2.05) is 17.6 Å². The monoisotopic (exact) mass is 298 g/mol. The number of fused-ring (bicyclic) bond motifs is 1. The zero-order chi connectivity index (χ0) is 14.7. The fraction of sp³-hybridized carbons (Fsp3) is 0.235. The highest BCUT2D eigenvalue weighted by molar-refractivity contribution is 7.16. The molecule has 0 saturated heterocycles. The van der Waals surface area contributed by atoms with Crippen LogP contribution in [-0.4, -0.2) is 16.1 Å². The van der Waals surface area contributed by atoms with Gasteiger partial charge in [0.2, 0.25) is 0 Å². The lowest BCUT2D eigenvalue weighted by Crippen LogP contribution is -2.15. The highest BCUT2D eigenvalue weighted by Crippen LogP contribution is 2.22. The van der Waals surface area contributed by atoms with Gasteiger partial charge in [0.15, 0.2) is 0 Å². The molecule has 21 heavy (non-hydrogen) atoms. The first kappa shape index (κ1) is 13.9. The second-order valence-corrected chi connectivity index (χ2v) is 6.17. The molecule has 0 bridgehead atoms. The minimum atomic E-state index is 0.322. The van der Waals surface area contributed by atoms with Crippen LogP contribution in [-0.2, 0) is 6.42 Å². The van der Waals surface area contributed by atoms with Gasteiger partial charge in [0.25, 0.3) is 0 Å². The minimum Gasteiger partial charge on any atom is -0.508 e. The van der Waals surface area contributed by atoms with Crippen LogP contribution in [0.15, 0.2) is 48.0 Å². The Morgan fingerprint density at radius 2 is 2.00 bits per heavy atom. The van der Waals surface area contributed by atoms with Gasteiger partial charge in [0, 0.05) is 11.7 Å². The molecule has 3 nitrogen and oxygen atoms in total. The summed E-state index contributed by atoms with van der Waals surface area (Å²) < 4.78 is 1.21. The number of thiazole rings is 1. The molecule has 0 spiro atoms. The number of aromatic nitrogens is 1. The maximum atomic E-state index is 9.28. The van der Waals surface area contributed by atoms with Crippen molar-refractivity contribution >= 4 is 27.2 Å². The third-order valence-corrected chi connectivity index (χ3v) is 4.34. The van der Waals surface area contributed by atoms with Crippen LogP contribution in [0.1, 0.15) is 18.9 Å². The molecule has 2 aromatic carbocycles. The standard InChI is InChI=1S/C17H18N2OS/c1-12(2-3-13-4-7-15(20)8-5-13)19-14-6-9-16-17(10-14)21-11-18-16/h4-12,19-20H,2-3H2,1H3. The van der Waals surface area contributed by atoms with E-state index in [9.17, 15) is 5.11 Å². The summed E-state index contributed by atoms with van der Waals surface area (Å²) in [6.45, 7) is 2.19. The van der Waals surface area contributed by atoms with Gasteiger partial charge in [0.1, 0.15) is 5.75 Å². The maximum absolute atomic E-state index is 9.28. The summed E-state index contributed by atoms with van der Waals surface area (Å²) in [5, 5.41) is 12.8. The second-order valence-electron chi connectivity index (χ2n) is 5.29. The van der Waals surface area contributed by atoms with Crippen molar-refractivity contribution in [1.82, 2.24) is 4.98 Å². The summed E-state index contributed by atoms with van der Waals surface area (Å²) in [4.78, 5) is 4.29. The lowest BCUT2D eigenvalue weighted by molar-refractivity contribution is 0.475. The Morgan fingerprint density at radius 1 is 1.19 bits per heavy atom. The number of phenols is 1. The van der Waals surface area contributed by atoms with Gasteiger partial charge in [0.05, 0.1) is 15.7 Å². The van der Waals surface area contributed by atoms with E-state index >= 15 is 0 Å². The van der Waals surface area contributed by atoms with Crippen LogP contribution in [0.4, 0.5) is 5.69 Å². The van der Waals surface area contributed by atoms with Crippen LogP contribution in [0.3, 0.4) is 0 Å². The van der Waals surface area contributed by atoms with Crippen molar-refractivity contribution in [2.45, 2.75) is 25.8 Å². The van der Waals surface area contributed by atoms with E-state index in [-0.39, 0.29) is 0 Å². The summed E-state index contributed by atoms with van der Waals surface area (Å²) >= 11 is 1.67. The van der Waals surface area contributed by atoms with E-state index in [2.05, 4.69) is 35.4 Å². The lowest BCUT2D eigenvalue weighted by atomic mass is 10.1. The molecular weight excluding hydrogens is 280 g/mol. The molecule has 0 aliphatic heterocycles. The van der Waals surface area contributed by atoms with E-state index in [0.717, 1.165) is 24.0 Å².